The lowest BCUT2D eigenvalue weighted by atomic mass is 9.98. The van der Waals surface area contributed by atoms with Gasteiger partial charge in [0.1, 0.15) is 10.8 Å². The third-order valence-corrected chi connectivity index (χ3v) is 5.11. The van der Waals surface area contributed by atoms with Crippen LogP contribution in [0.1, 0.15) is 54.5 Å². The van der Waals surface area contributed by atoms with Crippen molar-refractivity contribution < 1.29 is 26.7 Å². The maximum atomic E-state index is 13.9. The molecule has 2 aromatic rings. The van der Waals surface area contributed by atoms with E-state index in [1.165, 1.54) is 4.68 Å². The molecule has 4 nitrogen and oxygen atoms in total. The number of hydrogen-bond acceptors (Lipinski definition) is 3. The van der Waals surface area contributed by atoms with Gasteiger partial charge < -0.3 is 0 Å². The molecule has 0 aliphatic heterocycles. The third-order valence-electron chi connectivity index (χ3n) is 3.74. The molecule has 0 saturated heterocycles. The zero-order chi connectivity index (χ0) is 21.1. The van der Waals surface area contributed by atoms with Gasteiger partial charge in [0.25, 0.3) is 5.91 Å². The van der Waals surface area contributed by atoms with Crippen molar-refractivity contribution in [1.82, 2.24) is 9.78 Å². The Kier molecular flexibility index (Phi) is 6.74. The van der Waals surface area contributed by atoms with Gasteiger partial charge in [0, 0.05) is 12.0 Å². The van der Waals surface area contributed by atoms with E-state index in [-0.39, 0.29) is 16.8 Å². The monoisotopic (exact) mass is 421 g/mol. The van der Waals surface area contributed by atoms with Crippen molar-refractivity contribution in [3.63, 3.8) is 0 Å². The van der Waals surface area contributed by atoms with Gasteiger partial charge in [-0.25, -0.2) is 9.07 Å². The zero-order valence-corrected chi connectivity index (χ0v) is 16.4. The molecular formula is C18H20F5N3OS. The lowest BCUT2D eigenvalue weighted by Gasteiger charge is -2.12. The van der Waals surface area contributed by atoms with E-state index in [2.05, 4.69) is 10.1 Å². The summed E-state index contributed by atoms with van der Waals surface area (Å²) in [5.74, 6) is -2.22. The molecule has 1 amide bonds. The number of aromatic nitrogens is 2. The fourth-order valence-electron chi connectivity index (χ4n) is 2.21. The smallest absolute Gasteiger partial charge is 0.267 e. The molecule has 0 unspecified atom stereocenters. The summed E-state index contributed by atoms with van der Waals surface area (Å²) >= 11 is 1.09. The number of carbonyl (C=O) groups is 1. The fraction of sp³-hybridized carbons (Fsp3) is 0.500. The summed E-state index contributed by atoms with van der Waals surface area (Å²) in [5, 5.41) is 5.01. The first kappa shape index (κ1) is 22.2. The second-order valence-corrected chi connectivity index (χ2v) is 8.12. The Balaban J connectivity index is 2.48. The number of halogens is 5. The summed E-state index contributed by atoms with van der Waals surface area (Å²) in [5.41, 5.74) is -2.26. The predicted molar refractivity (Wildman–Crippen MR) is 95.3 cm³/mol. The van der Waals surface area contributed by atoms with Crippen molar-refractivity contribution >= 4 is 17.2 Å². The van der Waals surface area contributed by atoms with Gasteiger partial charge in [-0.3, -0.25) is 9.18 Å². The zero-order valence-electron chi connectivity index (χ0n) is 15.6. The van der Waals surface area contributed by atoms with Gasteiger partial charge in [0.2, 0.25) is 4.80 Å². The molecular weight excluding hydrogens is 401 g/mol. The number of aryl methyl sites for hydroxylation is 1. The molecule has 10 heteroatoms. The fourth-order valence-corrected chi connectivity index (χ4v) is 3.19. The van der Waals surface area contributed by atoms with Gasteiger partial charge >= 0.3 is 6.18 Å². The van der Waals surface area contributed by atoms with Gasteiger partial charge in [0.05, 0.1) is 17.8 Å². The first-order valence-electron chi connectivity index (χ1n) is 8.53. The molecule has 0 aliphatic rings. The lowest BCUT2D eigenvalue weighted by Crippen LogP contribution is -2.20. The van der Waals surface area contributed by atoms with Crippen LogP contribution < -0.4 is 4.80 Å². The Morgan fingerprint density at radius 3 is 2.46 bits per heavy atom. The summed E-state index contributed by atoms with van der Waals surface area (Å²) in [6, 6.07) is 1.60. The Morgan fingerprint density at radius 2 is 1.89 bits per heavy atom. The molecule has 28 heavy (non-hydrogen) atoms. The Morgan fingerprint density at radius 1 is 1.21 bits per heavy atom. The molecule has 1 heterocycles. The first-order valence-corrected chi connectivity index (χ1v) is 9.35. The molecule has 0 aliphatic carbocycles. The number of nitrogens with zero attached hydrogens (tertiary/aromatic N) is 3. The van der Waals surface area contributed by atoms with E-state index in [0.29, 0.717) is 36.0 Å². The topological polar surface area (TPSA) is 47.2 Å². The van der Waals surface area contributed by atoms with Gasteiger partial charge in [0.15, 0.2) is 0 Å². The van der Waals surface area contributed by atoms with Gasteiger partial charge in [-0.15, -0.1) is 0 Å². The average Bonchev–Trinajstić information content (AvgIpc) is 2.97. The molecule has 0 radical (unpaired) electrons. The van der Waals surface area contributed by atoms with Gasteiger partial charge in [-0.05, 0) is 31.0 Å². The largest absolute Gasteiger partial charge is 0.416 e. The molecule has 154 valence electrons. The summed E-state index contributed by atoms with van der Waals surface area (Å²) in [6.07, 6.45) is -3.97. The van der Waals surface area contributed by atoms with Crippen LogP contribution in [0.25, 0.3) is 0 Å². The Hall–Kier alpha value is -2.10. The maximum Gasteiger partial charge on any atom is 0.416 e. The number of hydrogen-bond donors (Lipinski definition) is 0. The highest BCUT2D eigenvalue weighted by Crippen LogP contribution is 2.30. The number of amides is 1. The number of rotatable bonds is 5. The average molecular weight is 421 g/mol. The number of unbranched alkanes of at least 4 members (excludes halogenated alkanes) is 1. The van der Waals surface area contributed by atoms with E-state index >= 15 is 0 Å². The number of benzene rings is 1. The van der Waals surface area contributed by atoms with Crippen LogP contribution in [0.3, 0.4) is 0 Å². The molecule has 1 aromatic carbocycles. The minimum absolute atomic E-state index is 0.130. The Bertz CT molecular complexity index is 909. The van der Waals surface area contributed by atoms with Crippen LogP contribution in [-0.4, -0.2) is 22.4 Å². The number of alkyl halides is 4. The van der Waals surface area contributed by atoms with E-state index in [1.807, 2.05) is 20.8 Å². The normalized spacial score (nSPS) is 13.2. The minimum Gasteiger partial charge on any atom is -0.267 e. The lowest BCUT2D eigenvalue weighted by molar-refractivity contribution is -0.137. The summed E-state index contributed by atoms with van der Waals surface area (Å²) in [4.78, 5) is 16.3. The molecule has 0 bridgehead atoms. The van der Waals surface area contributed by atoms with E-state index in [0.717, 1.165) is 11.3 Å². The molecule has 1 aromatic heterocycles. The van der Waals surface area contributed by atoms with Crippen LogP contribution >= 0.6 is 11.3 Å². The van der Waals surface area contributed by atoms with Crippen LogP contribution in [-0.2, 0) is 18.1 Å². The second-order valence-electron chi connectivity index (χ2n) is 7.17. The van der Waals surface area contributed by atoms with Crippen molar-refractivity contribution in [3.8, 4) is 0 Å². The summed E-state index contributed by atoms with van der Waals surface area (Å²) in [6.45, 7) is 5.48. The molecule has 0 spiro atoms. The van der Waals surface area contributed by atoms with Gasteiger partial charge in [-0.2, -0.15) is 23.3 Å². The van der Waals surface area contributed by atoms with Crippen LogP contribution in [0.5, 0.6) is 0 Å². The van der Waals surface area contributed by atoms with Crippen molar-refractivity contribution in [2.24, 2.45) is 4.99 Å². The SMILES string of the molecule is CC(C)(C)c1nn(CCCCF)c(=NC(=O)c2cc(C(F)(F)F)ccc2F)s1. The van der Waals surface area contributed by atoms with Crippen LogP contribution in [0, 0.1) is 5.82 Å². The van der Waals surface area contributed by atoms with Crippen molar-refractivity contribution in [3.05, 3.63) is 45.0 Å². The molecule has 2 rings (SSSR count). The standard InChI is InChI=1S/C18H20F5N3OS/c1-17(2,3)15-25-26(9-5-4-8-19)16(28-15)24-14(27)12-10-11(18(21,22)23)6-7-13(12)20/h6-7,10H,4-5,8-9H2,1-3H3. The van der Waals surface area contributed by atoms with E-state index in [9.17, 15) is 26.7 Å². The quantitative estimate of drug-likeness (QED) is 0.510. The predicted octanol–water partition coefficient (Wildman–Crippen LogP) is 4.89. The minimum atomic E-state index is -4.71. The highest BCUT2D eigenvalue weighted by Gasteiger charge is 2.32. The maximum absolute atomic E-state index is 13.9. The van der Waals surface area contributed by atoms with E-state index in [4.69, 9.17) is 0 Å². The van der Waals surface area contributed by atoms with E-state index in [1.54, 1.807) is 0 Å². The second kappa shape index (κ2) is 8.50. The first-order chi connectivity index (χ1) is 12.9. The molecule has 0 fully saturated rings. The highest BCUT2D eigenvalue weighted by atomic mass is 32.1. The van der Waals surface area contributed by atoms with Crippen LogP contribution in [0.4, 0.5) is 22.0 Å². The number of carbonyl (C=O) groups excluding carboxylic acids is 1. The van der Waals surface area contributed by atoms with Crippen molar-refractivity contribution in [2.45, 2.75) is 51.7 Å². The van der Waals surface area contributed by atoms with E-state index < -0.39 is 35.7 Å². The Labute approximate surface area is 162 Å². The molecule has 0 N–H and O–H groups in total. The third kappa shape index (κ3) is 5.46. The van der Waals surface area contributed by atoms with Crippen molar-refractivity contribution in [1.29, 1.82) is 0 Å². The van der Waals surface area contributed by atoms with Crippen LogP contribution in [0.15, 0.2) is 23.2 Å². The van der Waals surface area contributed by atoms with Crippen molar-refractivity contribution in [2.75, 3.05) is 6.67 Å². The molecule has 0 atom stereocenters. The summed E-state index contributed by atoms with van der Waals surface area (Å²) < 4.78 is 66.3. The highest BCUT2D eigenvalue weighted by molar-refractivity contribution is 7.09. The molecule has 0 saturated carbocycles. The van der Waals surface area contributed by atoms with Crippen LogP contribution in [0.2, 0.25) is 0 Å². The van der Waals surface area contributed by atoms with Gasteiger partial charge in [-0.1, -0.05) is 32.1 Å². The summed E-state index contributed by atoms with van der Waals surface area (Å²) in [7, 11) is 0.